The highest BCUT2D eigenvalue weighted by atomic mass is 32.2. The normalized spacial score (nSPS) is 28.3. The van der Waals surface area contributed by atoms with E-state index in [1.165, 1.54) is 36.5 Å². The first kappa shape index (κ1) is 14.7. The molecular weight excluding hydrogens is 236 g/mol. The molecule has 2 unspecified atom stereocenters. The van der Waals surface area contributed by atoms with E-state index >= 15 is 0 Å². The van der Waals surface area contributed by atoms with Gasteiger partial charge in [0.15, 0.2) is 0 Å². The van der Waals surface area contributed by atoms with Gasteiger partial charge >= 0.3 is 0 Å². The molecule has 0 aromatic rings. The molecule has 0 radical (unpaired) electrons. The Kier molecular flexibility index (Phi) is 6.55. The van der Waals surface area contributed by atoms with Crippen molar-refractivity contribution in [2.75, 3.05) is 37.1 Å². The molecule has 0 spiro atoms. The van der Waals surface area contributed by atoms with E-state index in [1.807, 2.05) is 11.8 Å². The second-order valence-electron chi connectivity index (χ2n) is 4.83. The van der Waals surface area contributed by atoms with E-state index in [4.69, 9.17) is 5.73 Å². The highest BCUT2D eigenvalue weighted by Gasteiger charge is 2.36. The number of thioether (sulfide) groups is 2. The zero-order valence-electron chi connectivity index (χ0n) is 10.9. The standard InChI is InChI=1S/C12H26N2S2/c1-11(5-8-15-3)14(2)12(9-13)6-4-7-16-10-12/h11H,4-10,13H2,1-3H3. The molecule has 4 heteroatoms. The lowest BCUT2D eigenvalue weighted by molar-refractivity contribution is 0.0916. The van der Waals surface area contributed by atoms with E-state index in [2.05, 4.69) is 36.9 Å². The number of likely N-dealkylation sites (N-methyl/N-ethyl adjacent to an activating group) is 1. The third kappa shape index (κ3) is 3.56. The fraction of sp³-hybridized carbons (Fsp3) is 1.00. The van der Waals surface area contributed by atoms with Gasteiger partial charge in [-0.25, -0.2) is 0 Å². The summed E-state index contributed by atoms with van der Waals surface area (Å²) in [4.78, 5) is 2.55. The summed E-state index contributed by atoms with van der Waals surface area (Å²) in [5.74, 6) is 3.78. The van der Waals surface area contributed by atoms with Crippen molar-refractivity contribution in [1.29, 1.82) is 0 Å². The summed E-state index contributed by atoms with van der Waals surface area (Å²) in [7, 11) is 2.27. The fourth-order valence-electron chi connectivity index (χ4n) is 2.37. The molecule has 2 nitrogen and oxygen atoms in total. The highest BCUT2D eigenvalue weighted by Crippen LogP contribution is 2.32. The summed E-state index contributed by atoms with van der Waals surface area (Å²) in [6.07, 6.45) is 6.05. The minimum Gasteiger partial charge on any atom is -0.329 e. The van der Waals surface area contributed by atoms with Crippen LogP contribution in [0, 0.1) is 0 Å². The number of rotatable bonds is 6. The average Bonchev–Trinajstić information content (AvgIpc) is 2.35. The SMILES string of the molecule is CSCCC(C)N(C)C1(CN)CCCSC1. The van der Waals surface area contributed by atoms with Crippen LogP contribution in [0.25, 0.3) is 0 Å². The van der Waals surface area contributed by atoms with Gasteiger partial charge in [-0.3, -0.25) is 4.90 Å². The molecule has 1 saturated heterocycles. The van der Waals surface area contributed by atoms with Crippen LogP contribution in [0.3, 0.4) is 0 Å². The second kappa shape index (κ2) is 7.14. The number of hydrogen-bond donors (Lipinski definition) is 1. The van der Waals surface area contributed by atoms with Crippen LogP contribution in [-0.4, -0.2) is 53.6 Å². The number of hydrogen-bond acceptors (Lipinski definition) is 4. The maximum atomic E-state index is 6.05. The maximum Gasteiger partial charge on any atom is 0.0421 e. The van der Waals surface area contributed by atoms with E-state index in [1.54, 1.807) is 0 Å². The zero-order valence-corrected chi connectivity index (χ0v) is 12.5. The first-order chi connectivity index (χ1) is 7.66. The first-order valence-corrected chi connectivity index (χ1v) is 8.71. The predicted octanol–water partition coefficient (Wildman–Crippen LogP) is 2.28. The molecule has 2 N–H and O–H groups in total. The van der Waals surface area contributed by atoms with Crippen LogP contribution >= 0.6 is 23.5 Å². The molecule has 1 heterocycles. The Bertz CT molecular complexity index is 193. The van der Waals surface area contributed by atoms with Gasteiger partial charge in [-0.1, -0.05) is 0 Å². The molecule has 1 rings (SSSR count). The van der Waals surface area contributed by atoms with Crippen LogP contribution in [0.2, 0.25) is 0 Å². The van der Waals surface area contributed by atoms with Gasteiger partial charge in [-0.05, 0) is 51.0 Å². The molecule has 0 bridgehead atoms. The van der Waals surface area contributed by atoms with E-state index in [0.29, 0.717) is 6.04 Å². The third-order valence-corrected chi connectivity index (χ3v) is 5.79. The molecule has 0 amide bonds. The van der Waals surface area contributed by atoms with Crippen molar-refractivity contribution in [3.8, 4) is 0 Å². The van der Waals surface area contributed by atoms with Gasteiger partial charge in [0.05, 0.1) is 0 Å². The summed E-state index contributed by atoms with van der Waals surface area (Å²) >= 11 is 4.01. The largest absolute Gasteiger partial charge is 0.329 e. The Morgan fingerprint density at radius 1 is 1.56 bits per heavy atom. The smallest absolute Gasteiger partial charge is 0.0421 e. The van der Waals surface area contributed by atoms with Crippen molar-refractivity contribution < 1.29 is 0 Å². The van der Waals surface area contributed by atoms with Crippen molar-refractivity contribution >= 4 is 23.5 Å². The number of nitrogens with two attached hydrogens (primary N) is 1. The van der Waals surface area contributed by atoms with Gasteiger partial charge in [-0.2, -0.15) is 23.5 Å². The van der Waals surface area contributed by atoms with Gasteiger partial charge in [0, 0.05) is 23.9 Å². The second-order valence-corrected chi connectivity index (χ2v) is 6.92. The average molecular weight is 262 g/mol. The topological polar surface area (TPSA) is 29.3 Å². The van der Waals surface area contributed by atoms with Crippen LogP contribution < -0.4 is 5.73 Å². The lowest BCUT2D eigenvalue weighted by Gasteiger charge is -2.46. The summed E-state index contributed by atoms with van der Waals surface area (Å²) in [6.45, 7) is 3.15. The maximum absolute atomic E-state index is 6.05. The summed E-state index contributed by atoms with van der Waals surface area (Å²) < 4.78 is 0. The van der Waals surface area contributed by atoms with Crippen molar-refractivity contribution in [1.82, 2.24) is 4.90 Å². The predicted molar refractivity (Wildman–Crippen MR) is 78.6 cm³/mol. The van der Waals surface area contributed by atoms with E-state index in [-0.39, 0.29) is 5.54 Å². The van der Waals surface area contributed by atoms with Crippen LogP contribution in [0.5, 0.6) is 0 Å². The summed E-state index contributed by atoms with van der Waals surface area (Å²) in [5.41, 5.74) is 6.31. The van der Waals surface area contributed by atoms with Crippen molar-refractivity contribution in [3.05, 3.63) is 0 Å². The van der Waals surface area contributed by atoms with E-state index in [0.717, 1.165) is 6.54 Å². The molecule has 1 fully saturated rings. The molecule has 0 saturated carbocycles. The van der Waals surface area contributed by atoms with Crippen molar-refractivity contribution in [2.45, 2.75) is 37.8 Å². The van der Waals surface area contributed by atoms with E-state index in [9.17, 15) is 0 Å². The van der Waals surface area contributed by atoms with Gasteiger partial charge in [0.1, 0.15) is 0 Å². The lowest BCUT2D eigenvalue weighted by atomic mass is 9.92. The molecule has 0 aliphatic carbocycles. The van der Waals surface area contributed by atoms with Gasteiger partial charge in [0.2, 0.25) is 0 Å². The molecule has 0 aromatic heterocycles. The van der Waals surface area contributed by atoms with Crippen molar-refractivity contribution in [3.63, 3.8) is 0 Å². The Balaban J connectivity index is 2.56. The van der Waals surface area contributed by atoms with Gasteiger partial charge < -0.3 is 5.73 Å². The Labute approximate surface area is 109 Å². The van der Waals surface area contributed by atoms with E-state index < -0.39 is 0 Å². The van der Waals surface area contributed by atoms with Crippen LogP contribution in [-0.2, 0) is 0 Å². The molecule has 96 valence electrons. The Morgan fingerprint density at radius 2 is 2.31 bits per heavy atom. The van der Waals surface area contributed by atoms with Gasteiger partial charge in [-0.15, -0.1) is 0 Å². The van der Waals surface area contributed by atoms with Crippen molar-refractivity contribution in [2.24, 2.45) is 5.73 Å². The van der Waals surface area contributed by atoms with Crippen LogP contribution in [0.1, 0.15) is 26.2 Å². The summed E-state index contributed by atoms with van der Waals surface area (Å²) in [5, 5.41) is 0. The Hall–Kier alpha value is 0.620. The molecular formula is C12H26N2S2. The van der Waals surface area contributed by atoms with Gasteiger partial charge in [0.25, 0.3) is 0 Å². The minimum atomic E-state index is 0.265. The minimum absolute atomic E-state index is 0.265. The monoisotopic (exact) mass is 262 g/mol. The number of nitrogens with zero attached hydrogens (tertiary/aromatic N) is 1. The third-order valence-electron chi connectivity index (χ3n) is 3.83. The van der Waals surface area contributed by atoms with Crippen LogP contribution in [0.15, 0.2) is 0 Å². The summed E-state index contributed by atoms with van der Waals surface area (Å²) in [6, 6.07) is 0.648. The molecule has 2 atom stereocenters. The lowest BCUT2D eigenvalue weighted by Crippen LogP contribution is -2.58. The quantitative estimate of drug-likeness (QED) is 0.795. The molecule has 1 aliphatic heterocycles. The molecule has 16 heavy (non-hydrogen) atoms. The van der Waals surface area contributed by atoms with Crippen LogP contribution in [0.4, 0.5) is 0 Å². The highest BCUT2D eigenvalue weighted by molar-refractivity contribution is 7.99. The molecule has 0 aromatic carbocycles. The molecule has 1 aliphatic rings. The fourth-order valence-corrected chi connectivity index (χ4v) is 4.29. The first-order valence-electron chi connectivity index (χ1n) is 6.16. The Morgan fingerprint density at radius 3 is 2.81 bits per heavy atom. The zero-order chi connectivity index (χ0) is 12.0.